The molecule has 0 saturated carbocycles. The maximum absolute atomic E-state index is 13.4. The first kappa shape index (κ1) is 23.2. The number of amides is 1. The number of thiazole rings is 1. The molecule has 4 aromatic rings. The molecule has 2 aromatic heterocycles. The zero-order valence-corrected chi connectivity index (χ0v) is 20.2. The zero-order chi connectivity index (χ0) is 23.2. The van der Waals surface area contributed by atoms with Gasteiger partial charge in [-0.25, -0.2) is 9.37 Å². The van der Waals surface area contributed by atoms with Gasteiger partial charge in [-0.1, -0.05) is 12.1 Å². The summed E-state index contributed by atoms with van der Waals surface area (Å²) in [6.45, 7) is 2.64. The number of halogens is 1. The van der Waals surface area contributed by atoms with E-state index in [1.54, 1.807) is 34.1 Å². The van der Waals surface area contributed by atoms with Crippen LogP contribution in [0.2, 0.25) is 0 Å². The van der Waals surface area contributed by atoms with Crippen molar-refractivity contribution < 1.29 is 9.18 Å². The fourth-order valence-electron chi connectivity index (χ4n) is 3.44. The van der Waals surface area contributed by atoms with Crippen LogP contribution >= 0.6 is 23.1 Å². The van der Waals surface area contributed by atoms with Gasteiger partial charge >= 0.3 is 0 Å². The summed E-state index contributed by atoms with van der Waals surface area (Å²) >= 11 is 3.38. The van der Waals surface area contributed by atoms with Crippen molar-refractivity contribution in [2.24, 2.45) is 0 Å². The molecule has 4 rings (SSSR count). The monoisotopic (exact) mass is 480 g/mol. The van der Waals surface area contributed by atoms with Gasteiger partial charge in [-0.3, -0.25) is 9.89 Å². The fraction of sp³-hybridized carbons (Fsp3) is 0.240. The van der Waals surface area contributed by atoms with E-state index in [1.165, 1.54) is 12.1 Å². The number of carbonyl (C=O) groups is 1. The van der Waals surface area contributed by atoms with Gasteiger partial charge in [-0.05, 0) is 62.2 Å². The molecule has 0 saturated heterocycles. The predicted molar refractivity (Wildman–Crippen MR) is 132 cm³/mol. The highest BCUT2D eigenvalue weighted by atomic mass is 32.2. The molecule has 0 atom stereocenters. The van der Waals surface area contributed by atoms with Crippen molar-refractivity contribution in [3.8, 4) is 11.3 Å². The van der Waals surface area contributed by atoms with Crippen LogP contribution < -0.4 is 0 Å². The Morgan fingerprint density at radius 2 is 2.00 bits per heavy atom. The molecule has 33 heavy (non-hydrogen) atoms. The lowest BCUT2D eigenvalue weighted by Gasteiger charge is -2.17. The molecule has 5 nitrogen and oxygen atoms in total. The number of H-pyrrole nitrogens is 1. The molecule has 170 valence electrons. The minimum absolute atomic E-state index is 0.00624. The molecule has 2 heterocycles. The van der Waals surface area contributed by atoms with Crippen LogP contribution in [0.5, 0.6) is 0 Å². The van der Waals surface area contributed by atoms with E-state index >= 15 is 0 Å². The molecule has 0 aliphatic heterocycles. The lowest BCUT2D eigenvalue weighted by molar-refractivity contribution is 0.0793. The van der Waals surface area contributed by atoms with Gasteiger partial charge in [0.25, 0.3) is 5.91 Å². The number of nitrogens with zero attached hydrogens (tertiary/aromatic N) is 3. The Bertz CT molecular complexity index is 1220. The summed E-state index contributed by atoms with van der Waals surface area (Å²) in [6.07, 6.45) is 1.56. The highest BCUT2D eigenvalue weighted by molar-refractivity contribution is 7.98. The van der Waals surface area contributed by atoms with Crippen molar-refractivity contribution in [1.29, 1.82) is 0 Å². The van der Waals surface area contributed by atoms with Gasteiger partial charge in [0.1, 0.15) is 5.82 Å². The second kappa shape index (κ2) is 10.8. The van der Waals surface area contributed by atoms with E-state index in [-0.39, 0.29) is 11.7 Å². The average molecular weight is 481 g/mol. The maximum Gasteiger partial charge on any atom is 0.253 e. The maximum atomic E-state index is 13.4. The Morgan fingerprint density at radius 1 is 1.18 bits per heavy atom. The molecule has 0 bridgehead atoms. The Balaban J connectivity index is 1.25. The first-order valence-corrected chi connectivity index (χ1v) is 12.5. The van der Waals surface area contributed by atoms with Gasteiger partial charge in [-0.15, -0.1) is 23.1 Å². The van der Waals surface area contributed by atoms with Crippen molar-refractivity contribution in [2.45, 2.75) is 30.4 Å². The van der Waals surface area contributed by atoms with Gasteiger partial charge in [0.2, 0.25) is 0 Å². The first-order valence-electron chi connectivity index (χ1n) is 10.7. The molecule has 0 aliphatic carbocycles. The van der Waals surface area contributed by atoms with E-state index in [0.29, 0.717) is 12.1 Å². The quantitative estimate of drug-likeness (QED) is 0.300. The van der Waals surface area contributed by atoms with Crippen molar-refractivity contribution in [3.63, 3.8) is 0 Å². The Labute approximate surface area is 201 Å². The zero-order valence-electron chi connectivity index (χ0n) is 18.5. The molecule has 2 aromatic carbocycles. The smallest absolute Gasteiger partial charge is 0.253 e. The van der Waals surface area contributed by atoms with Crippen LogP contribution in [0, 0.1) is 12.7 Å². The Kier molecular flexibility index (Phi) is 7.57. The molecule has 0 unspecified atom stereocenters. The molecule has 0 fully saturated rings. The number of carbonyl (C=O) groups excluding carboxylic acids is 1. The summed E-state index contributed by atoms with van der Waals surface area (Å²) in [5.41, 5.74) is 4.20. The molecule has 1 N–H and O–H groups in total. The number of rotatable bonds is 9. The van der Waals surface area contributed by atoms with Crippen LogP contribution in [0.1, 0.15) is 33.2 Å². The van der Waals surface area contributed by atoms with Gasteiger partial charge in [0.15, 0.2) is 0 Å². The summed E-state index contributed by atoms with van der Waals surface area (Å²) in [4.78, 5) is 20.1. The summed E-state index contributed by atoms with van der Waals surface area (Å²) in [6, 6.07) is 16.1. The molecule has 1 amide bonds. The summed E-state index contributed by atoms with van der Waals surface area (Å²) in [5.74, 6) is 0.552. The van der Waals surface area contributed by atoms with Crippen LogP contribution in [0.4, 0.5) is 4.39 Å². The van der Waals surface area contributed by atoms with Crippen LogP contribution in [0.25, 0.3) is 11.3 Å². The minimum Gasteiger partial charge on any atom is -0.342 e. The number of nitrogens with one attached hydrogen (secondary N) is 1. The van der Waals surface area contributed by atoms with Crippen molar-refractivity contribution >= 4 is 29.0 Å². The topological polar surface area (TPSA) is 61.9 Å². The van der Waals surface area contributed by atoms with Crippen molar-refractivity contribution in [3.05, 3.63) is 87.8 Å². The van der Waals surface area contributed by atoms with Crippen LogP contribution in [-0.2, 0) is 12.2 Å². The third-order valence-electron chi connectivity index (χ3n) is 5.19. The average Bonchev–Trinajstić information content (AvgIpc) is 3.46. The van der Waals surface area contributed by atoms with E-state index in [9.17, 15) is 9.18 Å². The van der Waals surface area contributed by atoms with Crippen molar-refractivity contribution in [2.75, 3.05) is 13.6 Å². The number of hydrogen-bond acceptors (Lipinski definition) is 5. The van der Waals surface area contributed by atoms with Gasteiger partial charge in [0, 0.05) is 46.4 Å². The summed E-state index contributed by atoms with van der Waals surface area (Å²) < 4.78 is 13.4. The molecular formula is C25H25FN4OS2. The highest BCUT2D eigenvalue weighted by Gasteiger charge is 2.12. The Morgan fingerprint density at radius 3 is 2.73 bits per heavy atom. The summed E-state index contributed by atoms with van der Waals surface area (Å²) in [7, 11) is 1.82. The SMILES string of the molecule is Cc1nc(CSc2ccc(C(=O)N(C)CCCc3cc(-c4cccc(F)c4)n[nH]3)cc2)cs1. The molecule has 0 spiro atoms. The molecular weight excluding hydrogens is 455 g/mol. The number of aromatic amines is 1. The number of benzene rings is 2. The van der Waals surface area contributed by atoms with Crippen LogP contribution in [0.15, 0.2) is 64.9 Å². The van der Waals surface area contributed by atoms with Gasteiger partial charge in [0.05, 0.1) is 16.4 Å². The van der Waals surface area contributed by atoms with E-state index in [2.05, 4.69) is 20.6 Å². The third-order valence-corrected chi connectivity index (χ3v) is 7.06. The highest BCUT2D eigenvalue weighted by Crippen LogP contribution is 2.24. The van der Waals surface area contributed by atoms with E-state index in [4.69, 9.17) is 0 Å². The predicted octanol–water partition coefficient (Wildman–Crippen LogP) is 5.98. The van der Waals surface area contributed by atoms with Crippen LogP contribution in [-0.4, -0.2) is 39.6 Å². The number of thioether (sulfide) groups is 1. The van der Waals surface area contributed by atoms with Gasteiger partial charge in [-0.2, -0.15) is 5.10 Å². The second-order valence-corrected chi connectivity index (χ2v) is 9.90. The normalized spacial score (nSPS) is 11.0. The van der Waals surface area contributed by atoms with Gasteiger partial charge < -0.3 is 4.90 Å². The lowest BCUT2D eigenvalue weighted by Crippen LogP contribution is -2.28. The number of aromatic nitrogens is 3. The lowest BCUT2D eigenvalue weighted by atomic mass is 10.1. The second-order valence-electron chi connectivity index (χ2n) is 7.79. The van der Waals surface area contributed by atoms with E-state index < -0.39 is 0 Å². The summed E-state index contributed by atoms with van der Waals surface area (Å²) in [5, 5.41) is 10.4. The van der Waals surface area contributed by atoms with Crippen LogP contribution in [0.3, 0.4) is 0 Å². The number of hydrogen-bond donors (Lipinski definition) is 1. The van der Waals surface area contributed by atoms with E-state index in [0.717, 1.165) is 51.1 Å². The van der Waals surface area contributed by atoms with Crippen molar-refractivity contribution in [1.82, 2.24) is 20.1 Å². The minimum atomic E-state index is -0.279. The fourth-order valence-corrected chi connectivity index (χ4v) is 4.95. The first-order chi connectivity index (χ1) is 16.0. The largest absolute Gasteiger partial charge is 0.342 e. The van der Waals surface area contributed by atoms with E-state index in [1.807, 2.05) is 50.4 Å². The molecule has 0 radical (unpaired) electrons. The standard InChI is InChI=1S/C25H25FN4OS2/c1-17-27-22(15-32-17)16-33-23-10-8-18(9-11-23)25(31)30(2)12-4-7-21-14-24(29-28-21)19-5-3-6-20(26)13-19/h3,5-6,8-11,13-15H,4,7,12,16H2,1-2H3,(H,28,29). The Hall–Kier alpha value is -2.97. The number of aryl methyl sites for hydroxylation is 2. The molecule has 0 aliphatic rings. The molecule has 8 heteroatoms. The third kappa shape index (κ3) is 6.30.